The number of benzene rings is 2. The number of carbonyl (C=O) groups is 1. The van der Waals surface area contributed by atoms with Gasteiger partial charge in [0.2, 0.25) is 0 Å². The van der Waals surface area contributed by atoms with Gasteiger partial charge in [0, 0.05) is 12.1 Å². The molecule has 1 aliphatic rings. The molecule has 4 rings (SSSR count). The summed E-state index contributed by atoms with van der Waals surface area (Å²) in [6.45, 7) is 0. The number of alkyl halides is 3. The van der Waals surface area contributed by atoms with Crippen molar-refractivity contribution in [2.24, 2.45) is 0 Å². The molecule has 2 heterocycles. The maximum absolute atomic E-state index is 13.7. The van der Waals surface area contributed by atoms with Crippen molar-refractivity contribution >= 4 is 40.6 Å². The zero-order chi connectivity index (χ0) is 21.5. The van der Waals surface area contributed by atoms with Gasteiger partial charge in [0.05, 0.1) is 22.3 Å². The van der Waals surface area contributed by atoms with E-state index in [1.54, 1.807) is 36.4 Å². The standard InChI is InChI=1S/C20H15Cl2F3N4O/c21-14-7-6-12(8-15(14)22)27-19(30)13-10-26-29-17(20(23,24)25)9-16(28-18(13)29)11-4-2-1-3-5-11/h1-8,10,16-17,28H,9H2,(H,27,30)/t16-,17-/m0/s1. The number of hydrogen-bond donors (Lipinski definition) is 2. The van der Waals surface area contributed by atoms with Gasteiger partial charge in [-0.25, -0.2) is 4.68 Å². The van der Waals surface area contributed by atoms with Crippen LogP contribution in [0.1, 0.15) is 34.4 Å². The number of nitrogens with one attached hydrogen (secondary N) is 2. The third-order valence-corrected chi connectivity index (χ3v) is 5.60. The van der Waals surface area contributed by atoms with Crippen molar-refractivity contribution in [1.29, 1.82) is 0 Å². The van der Waals surface area contributed by atoms with E-state index in [0.29, 0.717) is 16.3 Å². The highest BCUT2D eigenvalue weighted by Crippen LogP contribution is 2.44. The van der Waals surface area contributed by atoms with Gasteiger partial charge in [-0.2, -0.15) is 18.3 Å². The number of anilines is 2. The highest BCUT2D eigenvalue weighted by atomic mass is 35.5. The number of rotatable bonds is 3. The molecule has 5 nitrogen and oxygen atoms in total. The minimum absolute atomic E-state index is 0.00375. The fraction of sp³-hybridized carbons (Fsp3) is 0.200. The zero-order valence-corrected chi connectivity index (χ0v) is 16.8. The number of amides is 1. The van der Waals surface area contributed by atoms with Gasteiger partial charge in [0.25, 0.3) is 5.91 Å². The average Bonchev–Trinajstić information content (AvgIpc) is 3.14. The molecular formula is C20H15Cl2F3N4O. The molecule has 0 aliphatic carbocycles. The summed E-state index contributed by atoms with van der Waals surface area (Å²) in [5, 5.41) is 10.1. The molecule has 2 N–H and O–H groups in total. The molecule has 3 aromatic rings. The van der Waals surface area contributed by atoms with Crippen molar-refractivity contribution in [2.45, 2.75) is 24.7 Å². The van der Waals surface area contributed by atoms with Crippen molar-refractivity contribution in [3.8, 4) is 0 Å². The van der Waals surface area contributed by atoms with E-state index in [4.69, 9.17) is 23.2 Å². The second-order valence-electron chi connectivity index (χ2n) is 6.84. The Hall–Kier alpha value is -2.71. The Morgan fingerprint density at radius 2 is 1.87 bits per heavy atom. The maximum atomic E-state index is 13.7. The van der Waals surface area contributed by atoms with E-state index in [1.165, 1.54) is 12.1 Å². The van der Waals surface area contributed by atoms with Crippen LogP contribution >= 0.6 is 23.2 Å². The quantitative estimate of drug-likeness (QED) is 0.502. The molecule has 0 spiro atoms. The van der Waals surface area contributed by atoms with Crippen molar-refractivity contribution < 1.29 is 18.0 Å². The van der Waals surface area contributed by atoms with Crippen molar-refractivity contribution in [2.75, 3.05) is 10.6 Å². The van der Waals surface area contributed by atoms with E-state index in [0.717, 1.165) is 10.9 Å². The van der Waals surface area contributed by atoms with Crippen molar-refractivity contribution in [3.63, 3.8) is 0 Å². The molecular weight excluding hydrogens is 440 g/mol. The second-order valence-corrected chi connectivity index (χ2v) is 7.65. The van der Waals surface area contributed by atoms with E-state index in [-0.39, 0.29) is 22.8 Å². The first kappa shape index (κ1) is 20.6. The van der Waals surface area contributed by atoms with Crippen LogP contribution in [-0.2, 0) is 0 Å². The van der Waals surface area contributed by atoms with Gasteiger partial charge >= 0.3 is 6.18 Å². The lowest BCUT2D eigenvalue weighted by Crippen LogP contribution is -2.36. The SMILES string of the molecule is O=C(Nc1ccc(Cl)c(Cl)c1)c1cnn2c1N[C@H](c1ccccc1)C[C@H]2C(F)(F)F. The van der Waals surface area contributed by atoms with Crippen molar-refractivity contribution in [3.05, 3.63) is 75.9 Å². The highest BCUT2D eigenvalue weighted by molar-refractivity contribution is 6.42. The summed E-state index contributed by atoms with van der Waals surface area (Å²) in [6.07, 6.45) is -3.63. The first-order valence-corrected chi connectivity index (χ1v) is 9.71. The number of nitrogens with zero attached hydrogens (tertiary/aromatic N) is 2. The molecule has 2 aromatic carbocycles. The van der Waals surface area contributed by atoms with Gasteiger partial charge in [-0.3, -0.25) is 4.79 Å². The van der Waals surface area contributed by atoms with E-state index in [9.17, 15) is 18.0 Å². The molecule has 0 saturated carbocycles. The van der Waals surface area contributed by atoms with E-state index in [2.05, 4.69) is 15.7 Å². The van der Waals surface area contributed by atoms with Gasteiger partial charge in [0.15, 0.2) is 6.04 Å². The third kappa shape index (κ3) is 3.97. The Morgan fingerprint density at radius 3 is 2.53 bits per heavy atom. The van der Waals surface area contributed by atoms with E-state index in [1.807, 2.05) is 0 Å². The van der Waals surface area contributed by atoms with Crippen LogP contribution in [0.25, 0.3) is 0 Å². The highest BCUT2D eigenvalue weighted by Gasteiger charge is 2.47. The average molecular weight is 455 g/mol. The Balaban J connectivity index is 1.68. The van der Waals surface area contributed by atoms with Crippen molar-refractivity contribution in [1.82, 2.24) is 9.78 Å². The number of halogens is 5. The molecule has 1 amide bonds. The van der Waals surface area contributed by atoms with E-state index >= 15 is 0 Å². The first-order valence-electron chi connectivity index (χ1n) is 8.96. The summed E-state index contributed by atoms with van der Waals surface area (Å²) >= 11 is 11.8. The van der Waals surface area contributed by atoms with Crippen LogP contribution in [0.15, 0.2) is 54.7 Å². The summed E-state index contributed by atoms with van der Waals surface area (Å²) in [5.41, 5.74) is 1.04. The zero-order valence-electron chi connectivity index (χ0n) is 15.3. The second kappa shape index (κ2) is 7.85. The molecule has 0 saturated heterocycles. The molecule has 0 radical (unpaired) electrons. The predicted octanol–water partition coefficient (Wildman–Crippen LogP) is 6.10. The first-order chi connectivity index (χ1) is 14.2. The Kier molecular flexibility index (Phi) is 5.38. The summed E-state index contributed by atoms with van der Waals surface area (Å²) in [7, 11) is 0. The van der Waals surface area contributed by atoms with E-state index < -0.39 is 24.2 Å². The molecule has 10 heteroatoms. The fourth-order valence-electron chi connectivity index (χ4n) is 3.41. The van der Waals surface area contributed by atoms with Crippen LogP contribution in [0.5, 0.6) is 0 Å². The number of hydrogen-bond acceptors (Lipinski definition) is 3. The summed E-state index contributed by atoms with van der Waals surface area (Å²) in [4.78, 5) is 12.8. The Labute approximate surface area is 179 Å². The lowest BCUT2D eigenvalue weighted by molar-refractivity contribution is -0.173. The monoisotopic (exact) mass is 454 g/mol. The third-order valence-electron chi connectivity index (χ3n) is 4.86. The Bertz CT molecular complexity index is 1090. The van der Waals surface area contributed by atoms with Crippen LogP contribution in [-0.4, -0.2) is 21.9 Å². The minimum Gasteiger partial charge on any atom is -0.363 e. The molecule has 2 atom stereocenters. The van der Waals surface area contributed by atoms with Gasteiger partial charge < -0.3 is 10.6 Å². The number of carbonyl (C=O) groups excluding carboxylic acids is 1. The fourth-order valence-corrected chi connectivity index (χ4v) is 3.70. The molecule has 0 bridgehead atoms. The van der Waals surface area contributed by atoms with Gasteiger partial charge in [-0.05, 0) is 23.8 Å². The summed E-state index contributed by atoms with van der Waals surface area (Å²) in [5.74, 6) is -0.605. The molecule has 1 aromatic heterocycles. The van der Waals surface area contributed by atoms with Crippen LogP contribution in [0.2, 0.25) is 10.0 Å². The topological polar surface area (TPSA) is 59.0 Å². The molecule has 0 fully saturated rings. The number of fused-ring (bicyclic) bond motifs is 1. The summed E-state index contributed by atoms with van der Waals surface area (Å²) < 4.78 is 42.0. The van der Waals surface area contributed by atoms with Crippen LogP contribution in [0.4, 0.5) is 24.7 Å². The lowest BCUT2D eigenvalue weighted by atomic mass is 9.96. The Morgan fingerprint density at radius 1 is 1.13 bits per heavy atom. The smallest absolute Gasteiger partial charge is 0.363 e. The molecule has 0 unspecified atom stereocenters. The summed E-state index contributed by atoms with van der Waals surface area (Å²) in [6, 6.07) is 10.8. The largest absolute Gasteiger partial charge is 0.410 e. The van der Waals surface area contributed by atoms with Crippen LogP contribution in [0.3, 0.4) is 0 Å². The number of aromatic nitrogens is 2. The molecule has 1 aliphatic heterocycles. The normalized spacial score (nSPS) is 18.4. The van der Waals surface area contributed by atoms with Gasteiger partial charge in [-0.1, -0.05) is 53.5 Å². The molecule has 156 valence electrons. The molecule has 30 heavy (non-hydrogen) atoms. The van der Waals surface area contributed by atoms with Crippen LogP contribution in [0, 0.1) is 0 Å². The van der Waals surface area contributed by atoms with Crippen LogP contribution < -0.4 is 10.6 Å². The predicted molar refractivity (Wildman–Crippen MR) is 109 cm³/mol. The minimum atomic E-state index is -4.52. The maximum Gasteiger partial charge on any atom is 0.410 e. The lowest BCUT2D eigenvalue weighted by Gasteiger charge is -2.34. The van der Waals surface area contributed by atoms with Gasteiger partial charge in [0.1, 0.15) is 11.4 Å². The van der Waals surface area contributed by atoms with Gasteiger partial charge in [-0.15, -0.1) is 0 Å².